The van der Waals surface area contributed by atoms with E-state index in [1.54, 1.807) is 12.1 Å². The lowest BCUT2D eigenvalue weighted by Crippen LogP contribution is -2.27. The SMILES string of the molecule is Cc1cc(I)ccc1NC(=O)CCNC(=O)c1ccco1. The molecular weight excluding hydrogens is 383 g/mol. The summed E-state index contributed by atoms with van der Waals surface area (Å²) >= 11 is 2.22. The zero-order chi connectivity index (χ0) is 15.2. The van der Waals surface area contributed by atoms with Crippen molar-refractivity contribution in [3.05, 3.63) is 51.5 Å². The topological polar surface area (TPSA) is 71.3 Å². The van der Waals surface area contributed by atoms with Gasteiger partial charge in [0.2, 0.25) is 5.91 Å². The molecule has 0 radical (unpaired) electrons. The van der Waals surface area contributed by atoms with Crippen LogP contribution in [0.5, 0.6) is 0 Å². The monoisotopic (exact) mass is 398 g/mol. The second-order valence-electron chi connectivity index (χ2n) is 4.49. The number of carbonyl (C=O) groups excluding carboxylic acids is 2. The van der Waals surface area contributed by atoms with E-state index in [1.807, 2.05) is 25.1 Å². The van der Waals surface area contributed by atoms with Gasteiger partial charge in [0, 0.05) is 22.2 Å². The van der Waals surface area contributed by atoms with Crippen LogP contribution in [0, 0.1) is 10.5 Å². The van der Waals surface area contributed by atoms with Crippen molar-refractivity contribution < 1.29 is 14.0 Å². The minimum absolute atomic E-state index is 0.140. The summed E-state index contributed by atoms with van der Waals surface area (Å²) in [5, 5.41) is 5.46. The summed E-state index contributed by atoms with van der Waals surface area (Å²) < 4.78 is 6.08. The van der Waals surface area contributed by atoms with Gasteiger partial charge in [0.25, 0.3) is 5.91 Å². The van der Waals surface area contributed by atoms with E-state index in [0.717, 1.165) is 14.8 Å². The van der Waals surface area contributed by atoms with E-state index in [2.05, 4.69) is 33.2 Å². The summed E-state index contributed by atoms with van der Waals surface area (Å²) in [6.45, 7) is 2.20. The summed E-state index contributed by atoms with van der Waals surface area (Å²) in [5.41, 5.74) is 1.80. The first-order chi connectivity index (χ1) is 10.1. The van der Waals surface area contributed by atoms with E-state index >= 15 is 0 Å². The van der Waals surface area contributed by atoms with Gasteiger partial charge in [-0.1, -0.05) is 0 Å². The van der Waals surface area contributed by atoms with Crippen molar-refractivity contribution in [1.82, 2.24) is 5.32 Å². The number of rotatable bonds is 5. The molecule has 0 bridgehead atoms. The van der Waals surface area contributed by atoms with Crippen molar-refractivity contribution in [1.29, 1.82) is 0 Å². The fourth-order valence-electron chi connectivity index (χ4n) is 1.76. The molecular formula is C15H15IN2O3. The molecule has 0 atom stereocenters. The Labute approximate surface area is 136 Å². The van der Waals surface area contributed by atoms with Gasteiger partial charge >= 0.3 is 0 Å². The molecule has 2 N–H and O–H groups in total. The van der Waals surface area contributed by atoms with Gasteiger partial charge in [0.15, 0.2) is 5.76 Å². The molecule has 0 saturated heterocycles. The van der Waals surface area contributed by atoms with Crippen LogP contribution in [0.4, 0.5) is 5.69 Å². The first kappa shape index (κ1) is 15.6. The van der Waals surface area contributed by atoms with Crippen LogP contribution >= 0.6 is 22.6 Å². The van der Waals surface area contributed by atoms with Crippen LogP contribution in [0.3, 0.4) is 0 Å². The lowest BCUT2D eigenvalue weighted by atomic mass is 10.2. The van der Waals surface area contributed by atoms with Gasteiger partial charge in [-0.25, -0.2) is 0 Å². The number of aryl methyl sites for hydroxylation is 1. The number of amides is 2. The largest absolute Gasteiger partial charge is 0.459 e. The summed E-state index contributed by atoms with van der Waals surface area (Å²) in [4.78, 5) is 23.4. The van der Waals surface area contributed by atoms with Crippen LogP contribution in [0.1, 0.15) is 22.5 Å². The van der Waals surface area contributed by atoms with Crippen molar-refractivity contribution in [3.8, 4) is 0 Å². The molecule has 0 spiro atoms. The molecule has 0 fully saturated rings. The van der Waals surface area contributed by atoms with Gasteiger partial charge in [-0.2, -0.15) is 0 Å². The summed E-state index contributed by atoms with van der Waals surface area (Å²) in [6.07, 6.45) is 1.64. The maximum Gasteiger partial charge on any atom is 0.286 e. The first-order valence-corrected chi connectivity index (χ1v) is 7.52. The van der Waals surface area contributed by atoms with Crippen LogP contribution in [-0.4, -0.2) is 18.4 Å². The van der Waals surface area contributed by atoms with E-state index in [1.165, 1.54) is 6.26 Å². The number of hydrogen-bond acceptors (Lipinski definition) is 3. The maximum absolute atomic E-state index is 11.8. The second-order valence-corrected chi connectivity index (χ2v) is 5.74. The summed E-state index contributed by atoms with van der Waals surface area (Å²) in [6, 6.07) is 9.01. The molecule has 2 amide bonds. The lowest BCUT2D eigenvalue weighted by Gasteiger charge is -2.09. The van der Waals surface area contributed by atoms with Gasteiger partial charge in [0.05, 0.1) is 6.26 Å². The Hall–Kier alpha value is -1.83. The van der Waals surface area contributed by atoms with E-state index in [4.69, 9.17) is 4.42 Å². The Balaban J connectivity index is 1.78. The quantitative estimate of drug-likeness (QED) is 0.761. The number of anilines is 1. The molecule has 110 valence electrons. The van der Waals surface area contributed by atoms with Crippen LogP contribution in [0.25, 0.3) is 0 Å². The molecule has 5 nitrogen and oxygen atoms in total. The Bertz CT molecular complexity index is 638. The van der Waals surface area contributed by atoms with Crippen LogP contribution in [-0.2, 0) is 4.79 Å². The fraction of sp³-hybridized carbons (Fsp3) is 0.200. The number of carbonyl (C=O) groups is 2. The van der Waals surface area contributed by atoms with Crippen LogP contribution < -0.4 is 10.6 Å². The Morgan fingerprint density at radius 1 is 1.29 bits per heavy atom. The van der Waals surface area contributed by atoms with Gasteiger partial charge in [-0.15, -0.1) is 0 Å². The van der Waals surface area contributed by atoms with Crippen LogP contribution in [0.2, 0.25) is 0 Å². The second kappa shape index (κ2) is 7.26. The Kier molecular flexibility index (Phi) is 5.38. The number of benzene rings is 1. The van der Waals surface area contributed by atoms with Crippen molar-refractivity contribution in [3.63, 3.8) is 0 Å². The predicted octanol–water partition coefficient (Wildman–Crippen LogP) is 2.95. The average Bonchev–Trinajstić information content (AvgIpc) is 2.96. The number of hydrogen-bond donors (Lipinski definition) is 2. The molecule has 0 saturated carbocycles. The third kappa shape index (κ3) is 4.59. The maximum atomic E-state index is 11.8. The molecule has 0 aliphatic heterocycles. The molecule has 1 heterocycles. The number of nitrogens with one attached hydrogen (secondary N) is 2. The molecule has 2 aromatic rings. The van der Waals surface area contributed by atoms with E-state index < -0.39 is 0 Å². The van der Waals surface area contributed by atoms with Crippen molar-refractivity contribution in [2.45, 2.75) is 13.3 Å². The smallest absolute Gasteiger partial charge is 0.286 e. The van der Waals surface area contributed by atoms with E-state index in [-0.39, 0.29) is 30.5 Å². The summed E-state index contributed by atoms with van der Waals surface area (Å²) in [5.74, 6) is -0.221. The average molecular weight is 398 g/mol. The summed E-state index contributed by atoms with van der Waals surface area (Å²) in [7, 11) is 0. The zero-order valence-corrected chi connectivity index (χ0v) is 13.6. The van der Waals surface area contributed by atoms with Gasteiger partial charge in [-0.3, -0.25) is 9.59 Å². The Morgan fingerprint density at radius 2 is 2.10 bits per heavy atom. The minimum Gasteiger partial charge on any atom is -0.459 e. The molecule has 0 aliphatic rings. The highest BCUT2D eigenvalue weighted by molar-refractivity contribution is 14.1. The highest BCUT2D eigenvalue weighted by atomic mass is 127. The molecule has 2 rings (SSSR count). The third-order valence-corrected chi connectivity index (χ3v) is 3.52. The highest BCUT2D eigenvalue weighted by Gasteiger charge is 2.09. The van der Waals surface area contributed by atoms with Gasteiger partial charge in [0.1, 0.15) is 0 Å². The predicted molar refractivity (Wildman–Crippen MR) is 88.2 cm³/mol. The molecule has 21 heavy (non-hydrogen) atoms. The molecule has 0 aliphatic carbocycles. The van der Waals surface area contributed by atoms with E-state index in [9.17, 15) is 9.59 Å². The van der Waals surface area contributed by atoms with Gasteiger partial charge in [-0.05, 0) is 65.4 Å². The number of halogens is 1. The third-order valence-electron chi connectivity index (χ3n) is 2.85. The zero-order valence-electron chi connectivity index (χ0n) is 11.5. The Morgan fingerprint density at radius 3 is 2.76 bits per heavy atom. The van der Waals surface area contributed by atoms with Crippen molar-refractivity contribution in [2.24, 2.45) is 0 Å². The van der Waals surface area contributed by atoms with Crippen molar-refractivity contribution in [2.75, 3.05) is 11.9 Å². The fourth-order valence-corrected chi connectivity index (χ4v) is 2.41. The van der Waals surface area contributed by atoms with Crippen molar-refractivity contribution >= 4 is 40.1 Å². The minimum atomic E-state index is -0.321. The molecule has 1 aromatic heterocycles. The standard InChI is InChI=1S/C15H15IN2O3/c1-10-9-11(16)4-5-12(10)18-14(19)6-7-17-15(20)13-3-2-8-21-13/h2-5,8-9H,6-7H2,1H3,(H,17,20)(H,18,19). The van der Waals surface area contributed by atoms with Gasteiger partial charge < -0.3 is 15.1 Å². The number of furan rings is 1. The highest BCUT2D eigenvalue weighted by Crippen LogP contribution is 2.17. The lowest BCUT2D eigenvalue weighted by molar-refractivity contribution is -0.116. The molecule has 6 heteroatoms. The molecule has 1 aromatic carbocycles. The normalized spacial score (nSPS) is 10.2. The molecule has 0 unspecified atom stereocenters. The van der Waals surface area contributed by atoms with E-state index in [0.29, 0.717) is 0 Å². The first-order valence-electron chi connectivity index (χ1n) is 6.44. The van der Waals surface area contributed by atoms with Crippen LogP contribution in [0.15, 0.2) is 41.0 Å².